The van der Waals surface area contributed by atoms with E-state index in [-0.39, 0.29) is 5.75 Å². The molecule has 0 radical (unpaired) electrons. The number of benzene rings is 1. The summed E-state index contributed by atoms with van der Waals surface area (Å²) in [6.45, 7) is -3.28. The van der Waals surface area contributed by atoms with Crippen molar-refractivity contribution in [1.29, 1.82) is 0 Å². The maximum Gasteiger partial charge on any atom is 0.513 e. The number of hydrogen-bond acceptors (Lipinski definition) is 2. The summed E-state index contributed by atoms with van der Waals surface area (Å²) in [5.41, 5.74) is -1.04. The van der Waals surface area contributed by atoms with Crippen LogP contribution in [0.3, 0.4) is 0 Å². The molecule has 0 aliphatic carbocycles. The Morgan fingerprint density at radius 1 is 1.28 bits per heavy atom. The minimum absolute atomic E-state index is 0.340. The summed E-state index contributed by atoms with van der Waals surface area (Å²) in [5.74, 6) is -1.27. The van der Waals surface area contributed by atoms with E-state index >= 15 is 0 Å². The van der Waals surface area contributed by atoms with Gasteiger partial charge in [-0.15, -0.1) is 0 Å². The zero-order valence-electron chi connectivity index (χ0n) is 10.1. The van der Waals surface area contributed by atoms with Gasteiger partial charge in [0, 0.05) is 20.1 Å². The second-order valence-corrected chi connectivity index (χ2v) is 3.97. The maximum absolute atomic E-state index is 12.9. The Morgan fingerprint density at radius 3 is 2.50 bits per heavy atom. The Bertz CT molecular complexity index is 395. The van der Waals surface area contributed by atoms with Gasteiger partial charge in [0.2, 0.25) is 0 Å². The first kappa shape index (κ1) is 14.8. The molecule has 1 unspecified atom stereocenters. The third-order valence-corrected chi connectivity index (χ3v) is 2.38. The summed E-state index contributed by atoms with van der Waals surface area (Å²) < 4.78 is 61.0. The number of methoxy groups -OCH3 is 1. The number of hydrogen-bond donors (Lipinski definition) is 0. The predicted molar refractivity (Wildman–Crippen MR) is 61.7 cm³/mol. The Hall–Kier alpha value is -1.24. The Kier molecular flexibility index (Phi) is 5.01. The van der Waals surface area contributed by atoms with Crippen LogP contribution in [0, 0.1) is 5.82 Å². The molecule has 0 aliphatic heterocycles. The van der Waals surface area contributed by atoms with Gasteiger partial charge in [0.05, 0.1) is 11.9 Å². The van der Waals surface area contributed by atoms with Crippen LogP contribution in [0.25, 0.3) is 0 Å². The zero-order valence-corrected chi connectivity index (χ0v) is 10.1. The fraction of sp³-hybridized carbons (Fsp3) is 0.455. The van der Waals surface area contributed by atoms with Crippen LogP contribution in [-0.2, 0) is 4.74 Å². The van der Waals surface area contributed by atoms with Crippen LogP contribution >= 0.6 is 0 Å². The maximum atomic E-state index is 12.9. The van der Waals surface area contributed by atoms with Gasteiger partial charge in [-0.1, -0.05) is 5.46 Å². The molecule has 0 N–H and O–H groups in total. The lowest BCUT2D eigenvalue weighted by Gasteiger charge is -2.22. The second kappa shape index (κ2) is 6.09. The van der Waals surface area contributed by atoms with Gasteiger partial charge in [0.25, 0.3) is 0 Å². The first-order valence-electron chi connectivity index (χ1n) is 5.49. The first-order valence-corrected chi connectivity index (χ1v) is 5.49. The average molecular weight is 265 g/mol. The van der Waals surface area contributed by atoms with Crippen LogP contribution in [0.15, 0.2) is 18.2 Å². The Labute approximate surface area is 103 Å². The normalized spacial score (nSPS) is 13.4. The third kappa shape index (κ3) is 4.21. The largest absolute Gasteiger partial charge is 0.513 e. The van der Waals surface area contributed by atoms with Crippen LogP contribution < -0.4 is 10.2 Å². The molecular formula is C11H14BF4O2-. The summed E-state index contributed by atoms with van der Waals surface area (Å²) in [5, 5.41) is 0. The van der Waals surface area contributed by atoms with Gasteiger partial charge in [-0.25, -0.2) is 4.39 Å². The van der Waals surface area contributed by atoms with Crippen molar-refractivity contribution in [2.45, 2.75) is 19.4 Å². The summed E-state index contributed by atoms with van der Waals surface area (Å²) >= 11 is 0. The first-order chi connectivity index (χ1) is 8.34. The van der Waals surface area contributed by atoms with Crippen LogP contribution in [-0.4, -0.2) is 26.8 Å². The second-order valence-electron chi connectivity index (χ2n) is 3.97. The molecular weight excluding hydrogens is 251 g/mol. The molecule has 18 heavy (non-hydrogen) atoms. The van der Waals surface area contributed by atoms with E-state index < -0.39 is 24.4 Å². The summed E-state index contributed by atoms with van der Waals surface area (Å²) in [7, 11) is 1.49. The third-order valence-electron chi connectivity index (χ3n) is 2.38. The van der Waals surface area contributed by atoms with Crippen molar-refractivity contribution >= 4 is 12.4 Å². The monoisotopic (exact) mass is 265 g/mol. The number of rotatable bonds is 6. The molecule has 1 atom stereocenters. The van der Waals surface area contributed by atoms with Crippen molar-refractivity contribution < 1.29 is 26.8 Å². The van der Waals surface area contributed by atoms with E-state index in [0.717, 1.165) is 12.1 Å². The van der Waals surface area contributed by atoms with Gasteiger partial charge in [-0.2, -0.15) is 0 Å². The van der Waals surface area contributed by atoms with Crippen LogP contribution in [0.1, 0.15) is 13.3 Å². The molecule has 0 saturated heterocycles. The number of halogens is 4. The molecule has 0 heterocycles. The van der Waals surface area contributed by atoms with E-state index in [1.165, 1.54) is 7.11 Å². The smallest absolute Gasteiger partial charge is 0.494 e. The zero-order chi connectivity index (χ0) is 13.8. The SMILES string of the molecule is COCCC(C)Oc1ccc(F)cc1[B-](F)(F)F. The molecule has 0 amide bonds. The lowest BCUT2D eigenvalue weighted by molar-refractivity contribution is 0.135. The topological polar surface area (TPSA) is 18.5 Å². The highest BCUT2D eigenvalue weighted by molar-refractivity contribution is 6.74. The van der Waals surface area contributed by atoms with Crippen molar-refractivity contribution in [2.24, 2.45) is 0 Å². The molecule has 102 valence electrons. The quantitative estimate of drug-likeness (QED) is 0.581. The Balaban J connectivity index is 2.88. The van der Waals surface area contributed by atoms with Gasteiger partial charge >= 0.3 is 6.98 Å². The van der Waals surface area contributed by atoms with E-state index in [4.69, 9.17) is 9.47 Å². The molecule has 0 aromatic heterocycles. The minimum atomic E-state index is -5.30. The predicted octanol–water partition coefficient (Wildman–Crippen LogP) is 2.68. The van der Waals surface area contributed by atoms with Crippen LogP contribution in [0.5, 0.6) is 5.75 Å². The van der Waals surface area contributed by atoms with Crippen LogP contribution in [0.4, 0.5) is 17.3 Å². The summed E-state index contributed by atoms with van der Waals surface area (Å²) in [4.78, 5) is 0. The van der Waals surface area contributed by atoms with E-state index in [1.54, 1.807) is 6.92 Å². The van der Waals surface area contributed by atoms with Crippen molar-refractivity contribution in [3.8, 4) is 5.75 Å². The minimum Gasteiger partial charge on any atom is -0.494 e. The van der Waals surface area contributed by atoms with Gasteiger partial charge in [0.1, 0.15) is 5.82 Å². The van der Waals surface area contributed by atoms with Gasteiger partial charge in [-0.05, 0) is 25.1 Å². The lowest BCUT2D eigenvalue weighted by atomic mass is 9.79. The highest BCUT2D eigenvalue weighted by Gasteiger charge is 2.30. The number of ether oxygens (including phenoxy) is 2. The fourth-order valence-corrected chi connectivity index (χ4v) is 1.44. The van der Waals surface area contributed by atoms with Crippen molar-refractivity contribution in [3.05, 3.63) is 24.0 Å². The highest BCUT2D eigenvalue weighted by Crippen LogP contribution is 2.20. The molecule has 0 spiro atoms. The molecule has 0 saturated carbocycles. The molecule has 0 aliphatic rings. The van der Waals surface area contributed by atoms with Crippen molar-refractivity contribution in [2.75, 3.05) is 13.7 Å². The molecule has 1 rings (SSSR count). The lowest BCUT2D eigenvalue weighted by Crippen LogP contribution is -2.36. The van der Waals surface area contributed by atoms with Gasteiger partial charge in [-0.3, -0.25) is 0 Å². The summed E-state index contributed by atoms with van der Waals surface area (Å²) in [6, 6.07) is 2.41. The molecule has 0 fully saturated rings. The van der Waals surface area contributed by atoms with Crippen molar-refractivity contribution in [1.82, 2.24) is 0 Å². The standard InChI is InChI=1S/C11H14BF4O2/c1-8(5-6-17-2)18-11-4-3-9(13)7-10(11)12(14,15)16/h3-4,7-8H,5-6H2,1-2H3/q-1. The average Bonchev–Trinajstić information content (AvgIpc) is 2.27. The van der Waals surface area contributed by atoms with E-state index in [2.05, 4.69) is 0 Å². The van der Waals surface area contributed by atoms with E-state index in [0.29, 0.717) is 19.1 Å². The Morgan fingerprint density at radius 2 is 1.94 bits per heavy atom. The fourth-order valence-electron chi connectivity index (χ4n) is 1.44. The van der Waals surface area contributed by atoms with Gasteiger partial charge in [0.15, 0.2) is 0 Å². The van der Waals surface area contributed by atoms with E-state index in [1.807, 2.05) is 0 Å². The summed E-state index contributed by atoms with van der Waals surface area (Å²) in [6.07, 6.45) is 0.0188. The molecule has 7 heteroatoms. The molecule has 1 aromatic rings. The molecule has 2 nitrogen and oxygen atoms in total. The molecule has 1 aromatic carbocycles. The van der Waals surface area contributed by atoms with Gasteiger partial charge < -0.3 is 22.4 Å². The van der Waals surface area contributed by atoms with Crippen molar-refractivity contribution in [3.63, 3.8) is 0 Å². The molecule has 0 bridgehead atoms. The van der Waals surface area contributed by atoms with E-state index in [9.17, 15) is 17.3 Å². The van der Waals surface area contributed by atoms with Crippen LogP contribution in [0.2, 0.25) is 0 Å². The highest BCUT2D eigenvalue weighted by atomic mass is 19.4.